The number of hydrogen-bond donors (Lipinski definition) is 0. The predicted octanol–water partition coefficient (Wildman–Crippen LogP) is 11.3. The average Bonchev–Trinajstić information content (AvgIpc) is 2.74. The molecule has 0 spiro atoms. The van der Waals surface area contributed by atoms with E-state index in [9.17, 15) is 0 Å². The Morgan fingerprint density at radius 2 is 0.944 bits per heavy atom. The Labute approximate surface area is 242 Å². The summed E-state index contributed by atoms with van der Waals surface area (Å²) in [4.78, 5) is 0. The normalized spacial score (nSPS) is 12.6. The molecule has 2 rings (SSSR count). The molecule has 208 valence electrons. The maximum atomic E-state index is 4.58. The third-order valence-electron chi connectivity index (χ3n) is 7.60. The Balaban J connectivity index is 0.00000316. The number of halogens is 1. The minimum absolute atomic E-state index is 0.217. The molecule has 3 heteroatoms. The van der Waals surface area contributed by atoms with Crippen LogP contribution in [0.3, 0.4) is 0 Å². The van der Waals surface area contributed by atoms with Crippen LogP contribution in [0.1, 0.15) is 140 Å². The Bertz CT molecular complexity index is 1010. The van der Waals surface area contributed by atoms with Gasteiger partial charge in [0.2, 0.25) is 0 Å². The Kier molecular flexibility index (Phi) is 12.1. The summed E-state index contributed by atoms with van der Waals surface area (Å²) >= 11 is 1.75. The molecule has 0 amide bonds. The van der Waals surface area contributed by atoms with Crippen LogP contribution in [0.2, 0.25) is 0 Å². The van der Waals surface area contributed by atoms with E-state index >= 15 is 0 Å². The molecule has 0 aromatic heterocycles. The SMILES string of the molecule is Cc1c(C)c(C)c(P(C(C)(C)C)C(C)(C)C)c(-c2c(C(C)C)cc(C(C)C)cc2C(C)C)c1C.[Cl][Au]. The second-order valence-electron chi connectivity index (χ2n) is 13.4. The molecule has 2 aromatic rings. The molecule has 0 aliphatic rings. The second-order valence-corrected chi connectivity index (χ2v) is 17.2. The molecular weight excluding hydrogens is 660 g/mol. The van der Waals surface area contributed by atoms with Crippen LogP contribution in [0.5, 0.6) is 0 Å². The summed E-state index contributed by atoms with van der Waals surface area (Å²) in [5.41, 5.74) is 13.6. The van der Waals surface area contributed by atoms with E-state index in [1.165, 1.54) is 44.5 Å². The molecule has 0 radical (unpaired) electrons. The molecule has 2 aromatic carbocycles. The molecule has 0 saturated carbocycles. The van der Waals surface area contributed by atoms with E-state index in [0.717, 1.165) is 0 Å². The van der Waals surface area contributed by atoms with Gasteiger partial charge in [-0.25, -0.2) is 0 Å². The van der Waals surface area contributed by atoms with Gasteiger partial charge in [-0.15, -0.1) is 0 Å². The van der Waals surface area contributed by atoms with Crippen molar-refractivity contribution < 1.29 is 20.0 Å². The van der Waals surface area contributed by atoms with Crippen molar-refractivity contribution >= 4 is 22.4 Å². The van der Waals surface area contributed by atoms with Gasteiger partial charge in [0.05, 0.1) is 0 Å². The fourth-order valence-corrected chi connectivity index (χ4v) is 10.2. The summed E-state index contributed by atoms with van der Waals surface area (Å²) in [6, 6.07) is 5.06. The van der Waals surface area contributed by atoms with Crippen LogP contribution in [-0.2, 0) is 20.0 Å². The minimum atomic E-state index is -0.431. The first-order valence-electron chi connectivity index (χ1n) is 13.5. The van der Waals surface area contributed by atoms with Gasteiger partial charge in [0, 0.05) is 0 Å². The first-order valence-corrected chi connectivity index (χ1v) is 17.5. The first kappa shape index (κ1) is 33.9. The third kappa shape index (κ3) is 7.10. The molecule has 0 unspecified atom stereocenters. The molecule has 0 saturated heterocycles. The van der Waals surface area contributed by atoms with Gasteiger partial charge < -0.3 is 0 Å². The molecule has 0 fully saturated rings. The molecule has 0 aliphatic carbocycles. The van der Waals surface area contributed by atoms with E-state index in [4.69, 9.17) is 0 Å². The van der Waals surface area contributed by atoms with Crippen molar-refractivity contribution in [2.45, 2.75) is 139 Å². The van der Waals surface area contributed by atoms with Crippen LogP contribution in [0, 0.1) is 27.7 Å². The summed E-state index contributed by atoms with van der Waals surface area (Å²) in [6.45, 7) is 38.5. The van der Waals surface area contributed by atoms with Gasteiger partial charge in [-0.3, -0.25) is 0 Å². The standard InChI is InChI=1S/C33H53P.Au.ClH/c1-19(2)26-17-27(20(3)4)30(28(18-26)21(5)6)29-24(9)22(7)23(8)25(10)31(29)34(32(11,12)13)33(14,15)16;;/h17-21H,1-16H3;;1H/q;+1;/p-1. The van der Waals surface area contributed by atoms with Crippen molar-refractivity contribution in [2.24, 2.45) is 0 Å². The van der Waals surface area contributed by atoms with Crippen molar-refractivity contribution in [1.82, 2.24) is 0 Å². The first-order chi connectivity index (χ1) is 16.3. The van der Waals surface area contributed by atoms with Crippen LogP contribution in [0.4, 0.5) is 0 Å². The molecule has 0 nitrogen and oxygen atoms in total. The zero-order valence-electron chi connectivity index (χ0n) is 26.0. The van der Waals surface area contributed by atoms with Crippen LogP contribution in [0.25, 0.3) is 11.1 Å². The van der Waals surface area contributed by atoms with E-state index in [-0.39, 0.29) is 10.3 Å². The zero-order valence-corrected chi connectivity index (χ0v) is 29.8. The van der Waals surface area contributed by atoms with Crippen LogP contribution < -0.4 is 5.30 Å². The summed E-state index contributed by atoms with van der Waals surface area (Å²) in [5, 5.41) is 2.08. The van der Waals surface area contributed by atoms with E-state index in [1.54, 1.807) is 30.9 Å². The van der Waals surface area contributed by atoms with Gasteiger partial charge in [-0.2, -0.15) is 0 Å². The molecule has 0 atom stereocenters. The van der Waals surface area contributed by atoms with Gasteiger partial charge in [0.15, 0.2) is 0 Å². The van der Waals surface area contributed by atoms with Crippen molar-refractivity contribution in [2.75, 3.05) is 0 Å². The van der Waals surface area contributed by atoms with Gasteiger partial charge in [-0.05, 0) is 111 Å². The predicted molar refractivity (Wildman–Crippen MR) is 165 cm³/mol. The average molecular weight is 713 g/mol. The molecule has 0 N–H and O–H groups in total. The van der Waals surface area contributed by atoms with Gasteiger partial charge >= 0.3 is 29.2 Å². The van der Waals surface area contributed by atoms with Crippen molar-refractivity contribution in [1.29, 1.82) is 0 Å². The van der Waals surface area contributed by atoms with Gasteiger partial charge in [-0.1, -0.05) is 103 Å². The number of hydrogen-bond acceptors (Lipinski definition) is 0. The molecule has 0 heterocycles. The summed E-state index contributed by atoms with van der Waals surface area (Å²) in [6.07, 6.45) is 0. The van der Waals surface area contributed by atoms with E-state index in [1.807, 2.05) is 0 Å². The Hall–Kier alpha value is -0.0997. The zero-order chi connectivity index (χ0) is 28.5. The Morgan fingerprint density at radius 1 is 0.583 bits per heavy atom. The van der Waals surface area contributed by atoms with Crippen molar-refractivity contribution in [3.05, 3.63) is 51.1 Å². The van der Waals surface area contributed by atoms with E-state index in [2.05, 4.69) is 132 Å². The summed E-state index contributed by atoms with van der Waals surface area (Å²) < 4.78 is 0. The fraction of sp³-hybridized carbons (Fsp3) is 0.636. The number of benzene rings is 2. The van der Waals surface area contributed by atoms with E-state index < -0.39 is 7.92 Å². The van der Waals surface area contributed by atoms with Crippen LogP contribution in [-0.4, -0.2) is 10.3 Å². The monoisotopic (exact) mass is 712 g/mol. The topological polar surface area (TPSA) is 0 Å². The summed E-state index contributed by atoms with van der Waals surface area (Å²) in [7, 11) is 4.15. The fourth-order valence-electron chi connectivity index (χ4n) is 5.80. The molecule has 0 bridgehead atoms. The van der Waals surface area contributed by atoms with Gasteiger partial charge in [0.25, 0.3) is 0 Å². The van der Waals surface area contributed by atoms with Gasteiger partial charge in [0.1, 0.15) is 0 Å². The molecule has 36 heavy (non-hydrogen) atoms. The van der Waals surface area contributed by atoms with Crippen LogP contribution >= 0.6 is 17.1 Å². The molecular formula is C33H53AuClP. The van der Waals surface area contributed by atoms with Crippen molar-refractivity contribution in [3.63, 3.8) is 0 Å². The third-order valence-corrected chi connectivity index (χ3v) is 11.3. The quantitative estimate of drug-likeness (QED) is 0.214. The van der Waals surface area contributed by atoms with Crippen molar-refractivity contribution in [3.8, 4) is 11.1 Å². The Morgan fingerprint density at radius 3 is 1.25 bits per heavy atom. The van der Waals surface area contributed by atoms with Crippen LogP contribution in [0.15, 0.2) is 12.1 Å². The second kappa shape index (κ2) is 12.8. The maximum absolute atomic E-state index is 4.58. The summed E-state index contributed by atoms with van der Waals surface area (Å²) in [5.74, 6) is 1.50. The number of rotatable bonds is 5. The van der Waals surface area contributed by atoms with E-state index in [0.29, 0.717) is 17.8 Å². The molecule has 0 aliphatic heterocycles.